The number of hydrogen-bond donors (Lipinski definition) is 1. The van der Waals surface area contributed by atoms with Crippen LogP contribution in [0.2, 0.25) is 0 Å². The zero-order valence-corrected chi connectivity index (χ0v) is 17.2. The monoisotopic (exact) mass is 412 g/mol. The summed E-state index contributed by atoms with van der Waals surface area (Å²) in [5.74, 6) is 0.923. The molecule has 29 heavy (non-hydrogen) atoms. The van der Waals surface area contributed by atoms with E-state index >= 15 is 0 Å². The average molecular weight is 412 g/mol. The number of amides is 1. The van der Waals surface area contributed by atoms with E-state index in [2.05, 4.69) is 36.3 Å². The Morgan fingerprint density at radius 1 is 1.34 bits per heavy atom. The van der Waals surface area contributed by atoms with Gasteiger partial charge in [0.2, 0.25) is 0 Å². The molecule has 2 aromatic heterocycles. The maximum atomic E-state index is 12.7. The third-order valence-electron chi connectivity index (χ3n) is 5.58. The minimum Gasteiger partial charge on any atom is -0.360 e. The minimum absolute atomic E-state index is 0.138. The van der Waals surface area contributed by atoms with Crippen LogP contribution in [0.4, 0.5) is 13.2 Å². The van der Waals surface area contributed by atoms with Gasteiger partial charge in [-0.05, 0) is 43.6 Å². The van der Waals surface area contributed by atoms with Crippen molar-refractivity contribution < 1.29 is 22.5 Å². The molecular weight excluding hydrogens is 385 g/mol. The number of nitrogens with zero attached hydrogens (tertiary/aromatic N) is 3. The number of halogens is 3. The summed E-state index contributed by atoms with van der Waals surface area (Å²) in [6, 6.07) is 1.02. The van der Waals surface area contributed by atoms with Crippen LogP contribution in [0.5, 0.6) is 0 Å². The zero-order valence-electron chi connectivity index (χ0n) is 17.2. The number of carbonyl (C=O) groups is 1. The second kappa shape index (κ2) is 7.84. The Bertz CT molecular complexity index is 877. The van der Waals surface area contributed by atoms with Gasteiger partial charge in [-0.1, -0.05) is 25.9 Å². The van der Waals surface area contributed by atoms with Crippen LogP contribution < -0.4 is 5.32 Å². The molecule has 2 heterocycles. The smallest absolute Gasteiger partial charge is 0.360 e. The molecule has 3 rings (SSSR count). The van der Waals surface area contributed by atoms with Gasteiger partial charge in [0.1, 0.15) is 5.76 Å². The lowest BCUT2D eigenvalue weighted by Gasteiger charge is -2.33. The van der Waals surface area contributed by atoms with E-state index in [1.165, 1.54) is 4.68 Å². The van der Waals surface area contributed by atoms with Gasteiger partial charge in [-0.25, -0.2) is 0 Å². The standard InChI is InChI=1S/C20H27F3N4O2/c1-12-10-16(20(21,22)23)25-27(12)9-5-8-24-18(28)17-14-11-13(19(2,3)4)6-7-15(14)29-26-17/h10,13H,5-9,11H2,1-4H3,(H,24,28). The molecule has 9 heteroatoms. The first-order chi connectivity index (χ1) is 13.5. The summed E-state index contributed by atoms with van der Waals surface area (Å²) in [5.41, 5.74) is 0.874. The van der Waals surface area contributed by atoms with Crippen molar-refractivity contribution in [3.05, 3.63) is 34.5 Å². The van der Waals surface area contributed by atoms with Crippen LogP contribution >= 0.6 is 0 Å². The van der Waals surface area contributed by atoms with Gasteiger partial charge in [0.05, 0.1) is 0 Å². The third kappa shape index (κ3) is 4.82. The average Bonchev–Trinajstić information content (AvgIpc) is 3.20. The van der Waals surface area contributed by atoms with Gasteiger partial charge in [0.15, 0.2) is 11.4 Å². The molecule has 0 aliphatic heterocycles. The van der Waals surface area contributed by atoms with Crippen molar-refractivity contribution in [1.29, 1.82) is 0 Å². The van der Waals surface area contributed by atoms with Gasteiger partial charge in [-0.15, -0.1) is 0 Å². The highest BCUT2D eigenvalue weighted by Gasteiger charge is 2.35. The maximum Gasteiger partial charge on any atom is 0.435 e. The Balaban J connectivity index is 1.55. The predicted molar refractivity (Wildman–Crippen MR) is 100 cm³/mol. The quantitative estimate of drug-likeness (QED) is 0.748. The molecule has 160 valence electrons. The number of hydrogen-bond acceptors (Lipinski definition) is 4. The van der Waals surface area contributed by atoms with Gasteiger partial charge in [0, 0.05) is 30.8 Å². The van der Waals surface area contributed by atoms with Gasteiger partial charge in [-0.2, -0.15) is 18.3 Å². The molecule has 0 spiro atoms. The molecule has 6 nitrogen and oxygen atoms in total. The van der Waals surface area contributed by atoms with Crippen LogP contribution in [-0.4, -0.2) is 27.4 Å². The molecule has 0 radical (unpaired) electrons. The molecule has 1 atom stereocenters. The van der Waals surface area contributed by atoms with E-state index in [0.29, 0.717) is 30.3 Å². The van der Waals surface area contributed by atoms with Gasteiger partial charge in [-0.3, -0.25) is 9.48 Å². The molecule has 1 aliphatic rings. The molecule has 0 fully saturated rings. The summed E-state index contributed by atoms with van der Waals surface area (Å²) in [4.78, 5) is 12.5. The first kappa shape index (κ1) is 21.4. The van der Waals surface area contributed by atoms with Gasteiger partial charge in [0.25, 0.3) is 5.91 Å². The summed E-state index contributed by atoms with van der Waals surface area (Å²) < 4.78 is 44.8. The van der Waals surface area contributed by atoms with Gasteiger partial charge < -0.3 is 9.84 Å². The number of nitrogens with one attached hydrogen (secondary N) is 1. The largest absolute Gasteiger partial charge is 0.435 e. The number of fused-ring (bicyclic) bond motifs is 1. The first-order valence-corrected chi connectivity index (χ1v) is 9.84. The van der Waals surface area contributed by atoms with Crippen LogP contribution in [0.15, 0.2) is 10.6 Å². The first-order valence-electron chi connectivity index (χ1n) is 9.84. The summed E-state index contributed by atoms with van der Waals surface area (Å²) in [6.45, 7) is 8.75. The predicted octanol–water partition coefficient (Wildman–Crippen LogP) is 4.17. The highest BCUT2D eigenvalue weighted by atomic mass is 19.4. The Labute approximate surface area is 167 Å². The van der Waals surface area contributed by atoms with Crippen molar-refractivity contribution in [3.63, 3.8) is 0 Å². The van der Waals surface area contributed by atoms with Crippen molar-refractivity contribution in [2.24, 2.45) is 11.3 Å². The normalized spacial score (nSPS) is 17.3. The highest BCUT2D eigenvalue weighted by Crippen LogP contribution is 2.38. The molecule has 1 unspecified atom stereocenters. The number of carbonyl (C=O) groups excluding carboxylic acids is 1. The van der Waals surface area contributed by atoms with Crippen molar-refractivity contribution in [2.45, 2.75) is 66.1 Å². The summed E-state index contributed by atoms with van der Waals surface area (Å²) in [5, 5.41) is 10.3. The van der Waals surface area contributed by atoms with Crippen LogP contribution in [0.1, 0.15) is 66.8 Å². The maximum absolute atomic E-state index is 12.7. The van der Waals surface area contributed by atoms with Crippen molar-refractivity contribution >= 4 is 5.91 Å². The Kier molecular flexibility index (Phi) is 5.78. The molecule has 1 N–H and O–H groups in total. The van der Waals surface area contributed by atoms with Crippen LogP contribution in [0, 0.1) is 18.3 Å². The van der Waals surface area contributed by atoms with Crippen LogP contribution in [0.25, 0.3) is 0 Å². The fourth-order valence-electron chi connectivity index (χ4n) is 3.71. The van der Waals surface area contributed by atoms with E-state index in [1.54, 1.807) is 6.92 Å². The Hall–Kier alpha value is -2.32. The van der Waals surface area contributed by atoms with E-state index in [1.807, 2.05) is 0 Å². The molecule has 0 saturated heterocycles. The summed E-state index contributed by atoms with van der Waals surface area (Å²) in [7, 11) is 0. The van der Waals surface area contributed by atoms with E-state index in [0.717, 1.165) is 36.7 Å². The third-order valence-corrected chi connectivity index (χ3v) is 5.58. The van der Waals surface area contributed by atoms with Crippen LogP contribution in [0.3, 0.4) is 0 Å². The topological polar surface area (TPSA) is 73.0 Å². The van der Waals surface area contributed by atoms with Crippen molar-refractivity contribution in [2.75, 3.05) is 6.54 Å². The van der Waals surface area contributed by atoms with Crippen LogP contribution in [-0.2, 0) is 25.6 Å². The molecule has 2 aromatic rings. The van der Waals surface area contributed by atoms with E-state index in [4.69, 9.17) is 4.52 Å². The lowest BCUT2D eigenvalue weighted by atomic mass is 9.71. The molecule has 1 aliphatic carbocycles. The van der Waals surface area contributed by atoms with Crippen molar-refractivity contribution in [3.8, 4) is 0 Å². The molecule has 0 bridgehead atoms. The molecule has 0 aromatic carbocycles. The fourth-order valence-corrected chi connectivity index (χ4v) is 3.71. The zero-order chi connectivity index (χ0) is 21.4. The molecular formula is C20H27F3N4O2. The lowest BCUT2D eigenvalue weighted by Crippen LogP contribution is -2.30. The summed E-state index contributed by atoms with van der Waals surface area (Å²) >= 11 is 0. The minimum atomic E-state index is -4.46. The highest BCUT2D eigenvalue weighted by molar-refractivity contribution is 5.93. The number of rotatable bonds is 5. The Morgan fingerprint density at radius 3 is 2.69 bits per heavy atom. The van der Waals surface area contributed by atoms with Gasteiger partial charge >= 0.3 is 6.18 Å². The Morgan fingerprint density at radius 2 is 2.07 bits per heavy atom. The van der Waals surface area contributed by atoms with E-state index < -0.39 is 11.9 Å². The summed E-state index contributed by atoms with van der Waals surface area (Å²) in [6.07, 6.45) is -1.46. The fraction of sp³-hybridized carbons (Fsp3) is 0.650. The van der Waals surface area contributed by atoms with Crippen molar-refractivity contribution in [1.82, 2.24) is 20.3 Å². The van der Waals surface area contributed by atoms with E-state index in [9.17, 15) is 18.0 Å². The number of alkyl halides is 3. The second-order valence-corrected chi connectivity index (χ2v) is 8.74. The SMILES string of the molecule is Cc1cc(C(F)(F)F)nn1CCCNC(=O)c1noc2c1CC(C(C)(C)C)CC2. The number of aromatic nitrogens is 3. The number of aryl methyl sites for hydroxylation is 3. The molecule has 0 saturated carbocycles. The molecule has 1 amide bonds. The van der Waals surface area contributed by atoms with E-state index in [-0.39, 0.29) is 17.9 Å². The lowest BCUT2D eigenvalue weighted by molar-refractivity contribution is -0.141. The second-order valence-electron chi connectivity index (χ2n) is 8.74.